The molecule has 29 heavy (non-hydrogen) atoms. The molecule has 7 nitrogen and oxygen atoms in total. The van der Waals surface area contributed by atoms with Crippen LogP contribution in [0.3, 0.4) is 0 Å². The molecule has 0 spiro atoms. The highest BCUT2D eigenvalue weighted by atomic mass is 35.5. The summed E-state index contributed by atoms with van der Waals surface area (Å²) in [6, 6.07) is 9.59. The molecular formula is C19H18ClN3O4S2. The van der Waals surface area contributed by atoms with E-state index in [4.69, 9.17) is 20.9 Å². The van der Waals surface area contributed by atoms with E-state index in [-0.39, 0.29) is 12.5 Å². The molecule has 1 N–H and O–H groups in total. The van der Waals surface area contributed by atoms with Gasteiger partial charge in [-0.05, 0) is 42.0 Å². The van der Waals surface area contributed by atoms with Gasteiger partial charge in [-0.3, -0.25) is 4.79 Å². The summed E-state index contributed by atoms with van der Waals surface area (Å²) in [5.74, 6) is 0.289. The summed E-state index contributed by atoms with van der Waals surface area (Å²) in [5.41, 5.74) is 0.300. The number of amides is 1. The quantitative estimate of drug-likeness (QED) is 0.490. The van der Waals surface area contributed by atoms with Crippen molar-refractivity contribution in [3.05, 3.63) is 58.3 Å². The van der Waals surface area contributed by atoms with Crippen LogP contribution in [-0.2, 0) is 16.1 Å². The number of thioether (sulfide) groups is 1. The number of halogens is 1. The molecule has 0 saturated carbocycles. The second kappa shape index (κ2) is 10.4. The first-order valence-corrected chi connectivity index (χ1v) is 11.3. The van der Waals surface area contributed by atoms with Crippen molar-refractivity contribution in [2.45, 2.75) is 19.1 Å². The van der Waals surface area contributed by atoms with Gasteiger partial charge >= 0.3 is 5.97 Å². The number of ether oxygens (including phenoxy) is 1. The fourth-order valence-corrected chi connectivity index (χ4v) is 3.76. The second-order valence-electron chi connectivity index (χ2n) is 5.88. The molecule has 0 fully saturated rings. The van der Waals surface area contributed by atoms with E-state index in [0.717, 1.165) is 4.88 Å². The Kier molecular flexibility index (Phi) is 7.68. The van der Waals surface area contributed by atoms with Crippen LogP contribution < -0.4 is 5.32 Å². The maximum absolute atomic E-state index is 12.5. The van der Waals surface area contributed by atoms with Crippen molar-refractivity contribution in [2.24, 2.45) is 0 Å². The first-order valence-electron chi connectivity index (χ1n) is 8.66. The molecule has 0 aliphatic carbocycles. The summed E-state index contributed by atoms with van der Waals surface area (Å²) in [7, 11) is 0. The number of thiophene rings is 1. The molecular weight excluding hydrogens is 434 g/mol. The van der Waals surface area contributed by atoms with Crippen LogP contribution >= 0.6 is 34.7 Å². The standard InChI is InChI=1S/C19H18ClN3O4S2/c1-28-10-8-14(21-18(24)12-5-2-3-6-13(12)20)19(25)26-11-16-22-17(23-27-16)15-7-4-9-29-15/h2-7,9,14H,8,10-11H2,1H3,(H,21,24). The third-order valence-electron chi connectivity index (χ3n) is 3.87. The Morgan fingerprint density at radius 2 is 2.14 bits per heavy atom. The first-order chi connectivity index (χ1) is 14.1. The molecule has 0 saturated heterocycles. The lowest BCUT2D eigenvalue weighted by Gasteiger charge is -2.17. The molecule has 0 aliphatic heterocycles. The van der Waals surface area contributed by atoms with Crippen molar-refractivity contribution in [3.63, 3.8) is 0 Å². The molecule has 1 unspecified atom stereocenters. The SMILES string of the molecule is CSCCC(NC(=O)c1ccccc1Cl)C(=O)OCc1nc(-c2cccs2)no1. The zero-order valence-electron chi connectivity index (χ0n) is 15.5. The van der Waals surface area contributed by atoms with Crippen LogP contribution in [-0.4, -0.2) is 40.1 Å². The topological polar surface area (TPSA) is 94.3 Å². The summed E-state index contributed by atoms with van der Waals surface area (Å²) in [6.45, 7) is -0.172. The highest BCUT2D eigenvalue weighted by Gasteiger charge is 2.24. The molecule has 2 heterocycles. The van der Waals surface area contributed by atoms with Crippen molar-refractivity contribution in [1.29, 1.82) is 0 Å². The predicted molar refractivity (Wildman–Crippen MR) is 113 cm³/mol. The molecule has 1 amide bonds. The minimum absolute atomic E-state index is 0.172. The number of hydrogen-bond donors (Lipinski definition) is 1. The number of benzene rings is 1. The number of rotatable bonds is 9. The van der Waals surface area contributed by atoms with Crippen LogP contribution in [0.4, 0.5) is 0 Å². The van der Waals surface area contributed by atoms with Crippen LogP contribution in [0.15, 0.2) is 46.3 Å². The van der Waals surface area contributed by atoms with E-state index in [1.54, 1.807) is 36.0 Å². The third kappa shape index (κ3) is 5.81. The summed E-state index contributed by atoms with van der Waals surface area (Å²) in [4.78, 5) is 30.1. The van der Waals surface area contributed by atoms with Crippen LogP contribution in [0.1, 0.15) is 22.7 Å². The van der Waals surface area contributed by atoms with Crippen LogP contribution in [0.25, 0.3) is 10.7 Å². The van der Waals surface area contributed by atoms with Crippen LogP contribution in [0.5, 0.6) is 0 Å². The predicted octanol–water partition coefficient (Wildman–Crippen LogP) is 4.05. The highest BCUT2D eigenvalue weighted by molar-refractivity contribution is 7.98. The van der Waals surface area contributed by atoms with E-state index in [0.29, 0.717) is 28.6 Å². The number of nitrogens with zero attached hydrogens (tertiary/aromatic N) is 2. The lowest BCUT2D eigenvalue weighted by atomic mass is 10.1. The minimum Gasteiger partial charge on any atom is -0.454 e. The van der Waals surface area contributed by atoms with Crippen molar-refractivity contribution >= 4 is 46.6 Å². The fourth-order valence-electron chi connectivity index (χ4n) is 2.42. The molecule has 1 atom stereocenters. The molecule has 152 valence electrons. The average molecular weight is 452 g/mol. The van der Waals surface area contributed by atoms with Gasteiger partial charge in [-0.15, -0.1) is 11.3 Å². The van der Waals surface area contributed by atoms with Gasteiger partial charge in [0.25, 0.3) is 11.8 Å². The van der Waals surface area contributed by atoms with Gasteiger partial charge in [0.2, 0.25) is 5.82 Å². The summed E-state index contributed by atoms with van der Waals surface area (Å²) < 4.78 is 10.4. The van der Waals surface area contributed by atoms with E-state index in [1.807, 2.05) is 23.8 Å². The Balaban J connectivity index is 1.61. The van der Waals surface area contributed by atoms with Gasteiger partial charge in [-0.1, -0.05) is 35.0 Å². The monoisotopic (exact) mass is 451 g/mol. The normalized spacial score (nSPS) is 11.8. The molecule has 2 aromatic heterocycles. The lowest BCUT2D eigenvalue weighted by Crippen LogP contribution is -2.42. The Labute approximate surface area is 180 Å². The lowest BCUT2D eigenvalue weighted by molar-refractivity contribution is -0.148. The van der Waals surface area contributed by atoms with Gasteiger partial charge in [-0.25, -0.2) is 4.79 Å². The zero-order chi connectivity index (χ0) is 20.6. The van der Waals surface area contributed by atoms with Crippen molar-refractivity contribution < 1.29 is 18.8 Å². The average Bonchev–Trinajstić information content (AvgIpc) is 3.41. The van der Waals surface area contributed by atoms with E-state index in [9.17, 15) is 9.59 Å². The molecule has 0 aliphatic rings. The van der Waals surface area contributed by atoms with Gasteiger partial charge in [0.15, 0.2) is 6.61 Å². The molecule has 3 aromatic rings. The first kappa shape index (κ1) is 21.4. The van der Waals surface area contributed by atoms with Gasteiger partial charge in [0.05, 0.1) is 15.5 Å². The third-order valence-corrected chi connectivity index (χ3v) is 5.71. The van der Waals surface area contributed by atoms with Crippen molar-refractivity contribution in [2.75, 3.05) is 12.0 Å². The number of nitrogens with one attached hydrogen (secondary N) is 1. The summed E-state index contributed by atoms with van der Waals surface area (Å²) >= 11 is 9.11. The van der Waals surface area contributed by atoms with E-state index in [2.05, 4.69) is 15.5 Å². The smallest absolute Gasteiger partial charge is 0.329 e. The summed E-state index contributed by atoms with van der Waals surface area (Å²) in [6.07, 6.45) is 2.34. The molecule has 3 rings (SSSR count). The maximum Gasteiger partial charge on any atom is 0.329 e. The highest BCUT2D eigenvalue weighted by Crippen LogP contribution is 2.21. The number of carbonyl (C=O) groups excluding carboxylic acids is 2. The van der Waals surface area contributed by atoms with Crippen molar-refractivity contribution in [1.82, 2.24) is 15.5 Å². The van der Waals surface area contributed by atoms with E-state index in [1.165, 1.54) is 11.3 Å². The van der Waals surface area contributed by atoms with E-state index >= 15 is 0 Å². The number of hydrogen-bond acceptors (Lipinski definition) is 8. The largest absolute Gasteiger partial charge is 0.454 e. The summed E-state index contributed by atoms with van der Waals surface area (Å²) in [5, 5.41) is 8.79. The minimum atomic E-state index is -0.814. The second-order valence-corrected chi connectivity index (χ2v) is 8.22. The molecule has 0 bridgehead atoms. The zero-order valence-corrected chi connectivity index (χ0v) is 17.9. The molecule has 1 aromatic carbocycles. The maximum atomic E-state index is 12.5. The van der Waals surface area contributed by atoms with Gasteiger partial charge in [-0.2, -0.15) is 16.7 Å². The Morgan fingerprint density at radius 1 is 1.31 bits per heavy atom. The Morgan fingerprint density at radius 3 is 2.86 bits per heavy atom. The van der Waals surface area contributed by atoms with Crippen molar-refractivity contribution in [3.8, 4) is 10.7 Å². The van der Waals surface area contributed by atoms with Gasteiger partial charge in [0, 0.05) is 0 Å². The molecule has 0 radical (unpaired) electrons. The van der Waals surface area contributed by atoms with E-state index < -0.39 is 17.9 Å². The van der Waals surface area contributed by atoms with Gasteiger partial charge in [0.1, 0.15) is 6.04 Å². The Bertz CT molecular complexity index is 962. The number of aromatic nitrogens is 2. The van der Waals surface area contributed by atoms with Crippen LogP contribution in [0.2, 0.25) is 5.02 Å². The number of esters is 1. The Hall–Kier alpha value is -2.36. The number of carbonyl (C=O) groups is 2. The fraction of sp³-hybridized carbons (Fsp3) is 0.263. The van der Waals surface area contributed by atoms with Gasteiger partial charge < -0.3 is 14.6 Å². The molecule has 10 heteroatoms. The van der Waals surface area contributed by atoms with Crippen LogP contribution in [0, 0.1) is 0 Å².